The zero-order valence-corrected chi connectivity index (χ0v) is 15.1. The molecule has 0 amide bonds. The van der Waals surface area contributed by atoms with E-state index in [-0.39, 0.29) is 0 Å². The molecule has 1 atom stereocenters. The fourth-order valence-electron chi connectivity index (χ4n) is 2.86. The van der Waals surface area contributed by atoms with Crippen LogP contribution in [0.5, 0.6) is 0 Å². The number of rotatable bonds is 9. The topological polar surface area (TPSA) is 78.7 Å². The van der Waals surface area contributed by atoms with Gasteiger partial charge in [-0.2, -0.15) is 0 Å². The van der Waals surface area contributed by atoms with E-state index in [1.165, 1.54) is 6.26 Å². The predicted octanol–water partition coefficient (Wildman–Crippen LogP) is 0.682. The first kappa shape index (κ1) is 18.4. The molecular weight excluding hydrogens is 316 g/mol. The number of likely N-dealkylation sites (N-methyl/N-ethyl adjacent to an activating group) is 1. The summed E-state index contributed by atoms with van der Waals surface area (Å²) in [4.78, 5) is 8.99. The summed E-state index contributed by atoms with van der Waals surface area (Å²) >= 11 is 0. The Bertz CT molecular complexity index is 587. The summed E-state index contributed by atoms with van der Waals surface area (Å²) in [6, 6.07) is 0.495. The van der Waals surface area contributed by atoms with E-state index >= 15 is 0 Å². The average molecular weight is 344 g/mol. The highest BCUT2D eigenvalue weighted by Crippen LogP contribution is 2.17. The number of aromatic nitrogens is 1. The van der Waals surface area contributed by atoms with E-state index in [1.54, 1.807) is 6.20 Å². The van der Waals surface area contributed by atoms with Crippen LogP contribution in [0.15, 0.2) is 10.6 Å². The molecule has 0 saturated carbocycles. The lowest BCUT2D eigenvalue weighted by molar-refractivity contribution is 0.205. The molecule has 0 aliphatic carbocycles. The molecule has 1 aromatic heterocycles. The predicted molar refractivity (Wildman–Crippen MR) is 89.7 cm³/mol. The number of aryl methyl sites for hydroxylation is 1. The van der Waals surface area contributed by atoms with E-state index in [9.17, 15) is 8.42 Å². The van der Waals surface area contributed by atoms with Crippen molar-refractivity contribution in [3.63, 3.8) is 0 Å². The Morgan fingerprint density at radius 2 is 2.30 bits per heavy atom. The quantitative estimate of drug-likeness (QED) is 0.664. The first-order chi connectivity index (χ1) is 10.9. The lowest BCUT2D eigenvalue weighted by atomic mass is 10.2. The van der Waals surface area contributed by atoms with Crippen LogP contribution < -0.4 is 4.72 Å². The minimum absolute atomic E-state index is 0.495. The van der Waals surface area contributed by atoms with Crippen molar-refractivity contribution in [1.82, 2.24) is 19.5 Å². The van der Waals surface area contributed by atoms with Crippen molar-refractivity contribution in [1.29, 1.82) is 0 Å². The van der Waals surface area contributed by atoms with E-state index in [1.807, 2.05) is 0 Å². The van der Waals surface area contributed by atoms with Crippen LogP contribution >= 0.6 is 0 Å². The van der Waals surface area contributed by atoms with Gasteiger partial charge in [0.1, 0.15) is 5.76 Å². The molecule has 2 heterocycles. The van der Waals surface area contributed by atoms with Gasteiger partial charge in [0.2, 0.25) is 15.9 Å². The number of sulfonamides is 1. The molecule has 8 heteroatoms. The minimum atomic E-state index is -3.07. The highest BCUT2D eigenvalue weighted by atomic mass is 32.2. The second-order valence-corrected chi connectivity index (χ2v) is 8.09. The molecule has 132 valence electrons. The van der Waals surface area contributed by atoms with Gasteiger partial charge >= 0.3 is 0 Å². The summed E-state index contributed by atoms with van der Waals surface area (Å²) in [5.74, 6) is 1.71. The average Bonchev–Trinajstić information content (AvgIpc) is 3.11. The largest absolute Gasteiger partial charge is 0.444 e. The van der Waals surface area contributed by atoms with Crippen LogP contribution in [0.4, 0.5) is 0 Å². The van der Waals surface area contributed by atoms with Gasteiger partial charge in [-0.3, -0.25) is 4.90 Å². The Balaban J connectivity index is 1.69. The molecule has 0 aromatic carbocycles. The third-order valence-electron chi connectivity index (χ3n) is 4.22. The van der Waals surface area contributed by atoms with Crippen molar-refractivity contribution in [3.05, 3.63) is 17.8 Å². The van der Waals surface area contributed by atoms with Gasteiger partial charge in [0.05, 0.1) is 19.0 Å². The molecule has 1 N–H and O–H groups in total. The molecule has 0 unspecified atom stereocenters. The smallest absolute Gasteiger partial charge is 0.208 e. The maximum atomic E-state index is 11.0. The fraction of sp³-hybridized carbons (Fsp3) is 0.800. The summed E-state index contributed by atoms with van der Waals surface area (Å²) in [6.07, 6.45) is 5.83. The van der Waals surface area contributed by atoms with Crippen LogP contribution in [-0.2, 0) is 23.0 Å². The molecule has 1 saturated heterocycles. The maximum Gasteiger partial charge on any atom is 0.208 e. The van der Waals surface area contributed by atoms with E-state index in [4.69, 9.17) is 4.42 Å². The van der Waals surface area contributed by atoms with Crippen molar-refractivity contribution < 1.29 is 12.8 Å². The van der Waals surface area contributed by atoms with Gasteiger partial charge in [0.15, 0.2) is 0 Å². The Kier molecular flexibility index (Phi) is 6.58. The molecule has 23 heavy (non-hydrogen) atoms. The molecule has 0 bridgehead atoms. The lowest BCUT2D eigenvalue weighted by Crippen LogP contribution is -2.35. The van der Waals surface area contributed by atoms with Crippen LogP contribution in [0.3, 0.4) is 0 Å². The fourth-order valence-corrected chi connectivity index (χ4v) is 3.38. The van der Waals surface area contributed by atoms with Gasteiger partial charge < -0.3 is 9.32 Å². The highest BCUT2D eigenvalue weighted by molar-refractivity contribution is 7.88. The zero-order chi connectivity index (χ0) is 16.9. The molecule has 0 spiro atoms. The van der Waals surface area contributed by atoms with Gasteiger partial charge in [-0.1, -0.05) is 6.92 Å². The van der Waals surface area contributed by atoms with Gasteiger partial charge in [-0.25, -0.2) is 18.1 Å². The van der Waals surface area contributed by atoms with Crippen LogP contribution in [-0.4, -0.2) is 68.7 Å². The summed E-state index contributed by atoms with van der Waals surface area (Å²) in [5, 5.41) is 0. The molecule has 1 aromatic rings. The molecule has 0 radical (unpaired) electrons. The molecular formula is C15H28N4O3S. The van der Waals surface area contributed by atoms with Gasteiger partial charge in [-0.15, -0.1) is 0 Å². The minimum Gasteiger partial charge on any atom is -0.444 e. The maximum absolute atomic E-state index is 11.0. The van der Waals surface area contributed by atoms with Crippen molar-refractivity contribution in [2.24, 2.45) is 0 Å². The number of likely N-dealkylation sites (tertiary alicyclic amines) is 1. The Hall–Kier alpha value is -0.960. The number of nitrogens with one attached hydrogen (secondary N) is 1. The van der Waals surface area contributed by atoms with Crippen molar-refractivity contribution in [2.45, 2.75) is 38.8 Å². The zero-order valence-electron chi connectivity index (χ0n) is 14.3. The van der Waals surface area contributed by atoms with E-state index in [0.717, 1.165) is 57.1 Å². The Labute approximate surface area is 139 Å². The standard InChI is InChI=1S/C15H28N4O3S/c1-4-14-10-16-15(22-14)12-18(2)13-6-9-19(11-13)8-5-7-17-23(3,20)21/h10,13,17H,4-9,11-12H2,1-3H3/t13-/m1/s1. The summed E-state index contributed by atoms with van der Waals surface area (Å²) in [6.45, 7) is 6.28. The Morgan fingerprint density at radius 1 is 1.52 bits per heavy atom. The van der Waals surface area contributed by atoms with Gasteiger partial charge in [0.25, 0.3) is 0 Å². The normalized spacial score (nSPS) is 19.7. The number of oxazole rings is 1. The molecule has 1 aliphatic heterocycles. The van der Waals surface area contributed by atoms with Crippen molar-refractivity contribution in [2.75, 3.05) is 39.5 Å². The first-order valence-corrected chi connectivity index (χ1v) is 10.1. The van der Waals surface area contributed by atoms with Gasteiger partial charge in [-0.05, 0) is 33.0 Å². The van der Waals surface area contributed by atoms with Crippen molar-refractivity contribution >= 4 is 10.0 Å². The SMILES string of the molecule is CCc1cnc(CN(C)[C@@H]2CCN(CCCNS(C)(=O)=O)C2)o1. The third kappa shape index (κ3) is 6.21. The van der Waals surface area contributed by atoms with Crippen LogP contribution in [0.25, 0.3) is 0 Å². The van der Waals surface area contributed by atoms with Crippen LogP contribution in [0, 0.1) is 0 Å². The molecule has 7 nitrogen and oxygen atoms in total. The molecule has 1 fully saturated rings. The van der Waals surface area contributed by atoms with Gasteiger partial charge in [0, 0.05) is 25.6 Å². The highest BCUT2D eigenvalue weighted by Gasteiger charge is 2.26. The summed E-state index contributed by atoms with van der Waals surface area (Å²) in [5.41, 5.74) is 0. The summed E-state index contributed by atoms with van der Waals surface area (Å²) in [7, 11) is -0.967. The number of nitrogens with zero attached hydrogens (tertiary/aromatic N) is 3. The van der Waals surface area contributed by atoms with Crippen LogP contribution in [0.2, 0.25) is 0 Å². The second-order valence-electron chi connectivity index (χ2n) is 6.25. The van der Waals surface area contributed by atoms with Crippen LogP contribution in [0.1, 0.15) is 31.4 Å². The molecule has 1 aliphatic rings. The van der Waals surface area contributed by atoms with E-state index in [2.05, 4.69) is 33.5 Å². The second kappa shape index (κ2) is 8.23. The molecule has 2 rings (SSSR count). The van der Waals surface area contributed by atoms with E-state index < -0.39 is 10.0 Å². The third-order valence-corrected chi connectivity index (χ3v) is 4.95. The first-order valence-electron chi connectivity index (χ1n) is 8.18. The number of hydrogen-bond acceptors (Lipinski definition) is 6. The van der Waals surface area contributed by atoms with Crippen molar-refractivity contribution in [3.8, 4) is 0 Å². The Morgan fingerprint density at radius 3 is 2.96 bits per heavy atom. The number of hydrogen-bond donors (Lipinski definition) is 1. The lowest BCUT2D eigenvalue weighted by Gasteiger charge is -2.23. The van der Waals surface area contributed by atoms with E-state index in [0.29, 0.717) is 12.6 Å². The summed E-state index contributed by atoms with van der Waals surface area (Å²) < 4.78 is 30.2. The monoisotopic (exact) mass is 344 g/mol.